The van der Waals surface area contributed by atoms with Gasteiger partial charge in [0.2, 0.25) is 0 Å². The Balaban J connectivity index is 2.10. The second-order valence-electron chi connectivity index (χ2n) is 5.95. The van der Waals surface area contributed by atoms with Gasteiger partial charge in [0.15, 0.2) is 11.6 Å². The van der Waals surface area contributed by atoms with E-state index in [0.717, 1.165) is 41.9 Å². The quantitative estimate of drug-likeness (QED) is 0.687. The zero-order chi connectivity index (χ0) is 17.8. The Morgan fingerprint density at radius 1 is 1.20 bits per heavy atom. The molecule has 2 aromatic heterocycles. The van der Waals surface area contributed by atoms with Crippen molar-refractivity contribution in [3.63, 3.8) is 0 Å². The van der Waals surface area contributed by atoms with Crippen LogP contribution in [0.3, 0.4) is 0 Å². The maximum Gasteiger partial charge on any atom is 0.174 e. The first-order chi connectivity index (χ1) is 12.2. The van der Waals surface area contributed by atoms with Gasteiger partial charge in [0.05, 0.1) is 7.11 Å². The second kappa shape index (κ2) is 7.38. The van der Waals surface area contributed by atoms with Crippen molar-refractivity contribution in [2.45, 2.75) is 32.7 Å². The van der Waals surface area contributed by atoms with E-state index < -0.39 is 0 Å². The number of anilines is 2. The number of rotatable bonds is 7. The summed E-state index contributed by atoms with van der Waals surface area (Å²) >= 11 is 0. The molecule has 0 bridgehead atoms. The molecule has 0 radical (unpaired) electrons. The van der Waals surface area contributed by atoms with Crippen molar-refractivity contribution in [1.82, 2.24) is 19.7 Å². The third kappa shape index (κ3) is 3.35. The molecule has 0 atom stereocenters. The summed E-state index contributed by atoms with van der Waals surface area (Å²) in [4.78, 5) is 4.76. The van der Waals surface area contributed by atoms with Crippen molar-refractivity contribution in [3.8, 4) is 5.75 Å². The number of methoxy groups -OCH3 is 1. The van der Waals surface area contributed by atoms with Crippen LogP contribution in [0.1, 0.15) is 31.2 Å². The summed E-state index contributed by atoms with van der Waals surface area (Å²) in [7, 11) is 3.50. The van der Waals surface area contributed by atoms with E-state index in [-0.39, 0.29) is 0 Å². The first-order valence-corrected chi connectivity index (χ1v) is 8.49. The summed E-state index contributed by atoms with van der Waals surface area (Å²) in [6, 6.07) is 8.05. The van der Waals surface area contributed by atoms with Crippen LogP contribution in [0, 0.1) is 0 Å². The van der Waals surface area contributed by atoms with Gasteiger partial charge in [-0.1, -0.05) is 25.5 Å². The molecule has 0 amide bonds. The summed E-state index contributed by atoms with van der Waals surface area (Å²) in [5.74, 6) is 2.90. The lowest BCUT2D eigenvalue weighted by Gasteiger charge is -2.11. The standard InChI is InChI=1S/C18H24N6O/c1-4-5-6-14-21-15-16(18(20-2)23-22-17(15)19)24(14)11-12-7-9-13(25-3)10-8-12/h7-10H,4-6,11H2,1-3H3,(H2,19,22)(H,20,23). The second-order valence-corrected chi connectivity index (χ2v) is 5.95. The van der Waals surface area contributed by atoms with Gasteiger partial charge in [0, 0.05) is 20.0 Å². The lowest BCUT2D eigenvalue weighted by atomic mass is 10.2. The minimum atomic E-state index is 0.361. The molecular weight excluding hydrogens is 316 g/mol. The molecule has 0 fully saturated rings. The van der Waals surface area contributed by atoms with Crippen LogP contribution in [0.15, 0.2) is 24.3 Å². The van der Waals surface area contributed by atoms with E-state index in [1.54, 1.807) is 7.11 Å². The number of unbranched alkanes of at least 4 members (excludes halogenated alkanes) is 1. The van der Waals surface area contributed by atoms with Crippen molar-refractivity contribution < 1.29 is 4.74 Å². The fraction of sp³-hybridized carbons (Fsp3) is 0.389. The summed E-state index contributed by atoms with van der Waals surface area (Å²) in [5, 5.41) is 11.3. The van der Waals surface area contributed by atoms with Crippen molar-refractivity contribution in [2.75, 3.05) is 25.2 Å². The topological polar surface area (TPSA) is 90.9 Å². The molecule has 0 unspecified atom stereocenters. The molecule has 0 spiro atoms. The average Bonchev–Trinajstić information content (AvgIpc) is 3.00. The molecular formula is C18H24N6O. The number of aryl methyl sites for hydroxylation is 1. The molecule has 7 heteroatoms. The molecule has 1 aromatic carbocycles. The highest BCUT2D eigenvalue weighted by Gasteiger charge is 2.18. The largest absolute Gasteiger partial charge is 0.497 e. The van der Waals surface area contributed by atoms with Crippen LogP contribution in [-0.4, -0.2) is 33.9 Å². The number of nitrogens with zero attached hydrogens (tertiary/aromatic N) is 4. The Morgan fingerprint density at radius 2 is 1.96 bits per heavy atom. The van der Waals surface area contributed by atoms with E-state index in [1.165, 1.54) is 0 Å². The molecule has 2 heterocycles. The Hall–Kier alpha value is -2.83. The van der Waals surface area contributed by atoms with Gasteiger partial charge in [-0.3, -0.25) is 0 Å². The van der Waals surface area contributed by atoms with Crippen LogP contribution in [0.4, 0.5) is 11.6 Å². The number of nitrogens with one attached hydrogen (secondary N) is 1. The minimum absolute atomic E-state index is 0.361. The zero-order valence-electron chi connectivity index (χ0n) is 14.9. The van der Waals surface area contributed by atoms with Crippen LogP contribution in [0.2, 0.25) is 0 Å². The Labute approximate surface area is 147 Å². The highest BCUT2D eigenvalue weighted by molar-refractivity contribution is 5.92. The monoisotopic (exact) mass is 340 g/mol. The number of nitrogens with two attached hydrogens (primary N) is 1. The number of fused-ring (bicyclic) bond motifs is 1. The highest BCUT2D eigenvalue weighted by Crippen LogP contribution is 2.27. The van der Waals surface area contributed by atoms with E-state index in [9.17, 15) is 0 Å². The van der Waals surface area contributed by atoms with Crippen LogP contribution in [-0.2, 0) is 13.0 Å². The van der Waals surface area contributed by atoms with E-state index >= 15 is 0 Å². The summed E-state index contributed by atoms with van der Waals surface area (Å²) in [6.07, 6.45) is 3.07. The number of aromatic nitrogens is 4. The molecule has 7 nitrogen and oxygen atoms in total. The van der Waals surface area contributed by atoms with Gasteiger partial charge in [-0.15, -0.1) is 10.2 Å². The first-order valence-electron chi connectivity index (χ1n) is 8.49. The molecule has 3 N–H and O–H groups in total. The van der Waals surface area contributed by atoms with Gasteiger partial charge in [-0.25, -0.2) is 4.98 Å². The van der Waals surface area contributed by atoms with E-state index in [0.29, 0.717) is 23.7 Å². The number of ether oxygens (including phenoxy) is 1. The highest BCUT2D eigenvalue weighted by atomic mass is 16.5. The molecule has 0 aliphatic rings. The maximum absolute atomic E-state index is 6.03. The average molecular weight is 340 g/mol. The summed E-state index contributed by atoms with van der Waals surface area (Å²) in [6.45, 7) is 2.87. The fourth-order valence-electron chi connectivity index (χ4n) is 2.89. The van der Waals surface area contributed by atoms with Crippen LogP contribution >= 0.6 is 0 Å². The van der Waals surface area contributed by atoms with E-state index in [4.69, 9.17) is 15.5 Å². The van der Waals surface area contributed by atoms with Gasteiger partial charge >= 0.3 is 0 Å². The molecule has 0 aliphatic carbocycles. The minimum Gasteiger partial charge on any atom is -0.497 e. The predicted molar refractivity (Wildman–Crippen MR) is 100.0 cm³/mol. The third-order valence-corrected chi connectivity index (χ3v) is 4.26. The maximum atomic E-state index is 6.03. The number of benzene rings is 1. The number of nitrogen functional groups attached to an aromatic ring is 1. The smallest absolute Gasteiger partial charge is 0.174 e. The van der Waals surface area contributed by atoms with Crippen LogP contribution < -0.4 is 15.8 Å². The van der Waals surface area contributed by atoms with Gasteiger partial charge in [0.1, 0.15) is 22.6 Å². The normalized spacial score (nSPS) is 11.0. The Kier molecular flexibility index (Phi) is 5.02. The number of imidazole rings is 1. The Morgan fingerprint density at radius 3 is 2.60 bits per heavy atom. The van der Waals surface area contributed by atoms with Crippen molar-refractivity contribution >= 4 is 22.7 Å². The van der Waals surface area contributed by atoms with Crippen molar-refractivity contribution in [1.29, 1.82) is 0 Å². The number of hydrogen-bond donors (Lipinski definition) is 2. The molecule has 25 heavy (non-hydrogen) atoms. The van der Waals surface area contributed by atoms with Crippen LogP contribution in [0.5, 0.6) is 5.75 Å². The Bertz CT molecular complexity index is 856. The van der Waals surface area contributed by atoms with Crippen LogP contribution in [0.25, 0.3) is 11.0 Å². The van der Waals surface area contributed by atoms with Gasteiger partial charge in [-0.2, -0.15) is 0 Å². The van der Waals surface area contributed by atoms with E-state index in [2.05, 4.69) is 39.1 Å². The molecule has 3 aromatic rings. The SMILES string of the molecule is CCCCc1nc2c(N)nnc(NC)c2n1Cc1ccc(OC)cc1. The third-order valence-electron chi connectivity index (χ3n) is 4.26. The van der Waals surface area contributed by atoms with Crippen molar-refractivity contribution in [3.05, 3.63) is 35.7 Å². The number of hydrogen-bond acceptors (Lipinski definition) is 6. The first kappa shape index (κ1) is 17.0. The van der Waals surface area contributed by atoms with E-state index in [1.807, 2.05) is 19.2 Å². The molecule has 132 valence electrons. The van der Waals surface area contributed by atoms with Gasteiger partial charge in [0.25, 0.3) is 0 Å². The molecule has 0 saturated carbocycles. The molecule has 3 rings (SSSR count). The van der Waals surface area contributed by atoms with Gasteiger partial charge < -0.3 is 20.4 Å². The fourth-order valence-corrected chi connectivity index (χ4v) is 2.89. The summed E-state index contributed by atoms with van der Waals surface area (Å²) in [5.41, 5.74) is 8.80. The molecule has 0 saturated heterocycles. The molecule has 0 aliphatic heterocycles. The lowest BCUT2D eigenvalue weighted by molar-refractivity contribution is 0.414. The van der Waals surface area contributed by atoms with Crippen molar-refractivity contribution in [2.24, 2.45) is 0 Å². The lowest BCUT2D eigenvalue weighted by Crippen LogP contribution is -2.08. The summed E-state index contributed by atoms with van der Waals surface area (Å²) < 4.78 is 7.42. The van der Waals surface area contributed by atoms with Gasteiger partial charge in [-0.05, 0) is 24.1 Å². The predicted octanol–water partition coefficient (Wildman–Crippen LogP) is 2.85. The zero-order valence-corrected chi connectivity index (χ0v) is 14.9.